The number of anilines is 1. The van der Waals surface area contributed by atoms with Crippen molar-refractivity contribution in [3.05, 3.63) is 77.1 Å². The van der Waals surface area contributed by atoms with Crippen LogP contribution >= 0.6 is 23.1 Å². The third kappa shape index (κ3) is 5.14. The van der Waals surface area contributed by atoms with E-state index in [1.165, 1.54) is 0 Å². The molecule has 0 unspecified atom stereocenters. The second-order valence-electron chi connectivity index (χ2n) is 8.39. The predicted molar refractivity (Wildman–Crippen MR) is 138 cm³/mol. The number of ether oxygens (including phenoxy) is 1. The van der Waals surface area contributed by atoms with Gasteiger partial charge < -0.3 is 4.74 Å². The maximum absolute atomic E-state index is 13.9. The number of hydrogen-bond acceptors (Lipinski definition) is 7. The summed E-state index contributed by atoms with van der Waals surface area (Å²) in [4.78, 5) is 29.6. The lowest BCUT2D eigenvalue weighted by Crippen LogP contribution is -2.38. The molecule has 4 aromatic rings. The molecule has 1 aliphatic rings. The molecule has 1 aliphatic heterocycles. The molecule has 34 heavy (non-hydrogen) atoms. The van der Waals surface area contributed by atoms with Gasteiger partial charge in [0.1, 0.15) is 0 Å². The lowest BCUT2D eigenvalue weighted by Gasteiger charge is -2.24. The average Bonchev–Trinajstić information content (AvgIpc) is 3.50. The first kappa shape index (κ1) is 23.0. The molecule has 8 heteroatoms. The fourth-order valence-corrected chi connectivity index (χ4v) is 6.04. The molecule has 0 bridgehead atoms. The average molecular weight is 491 g/mol. The Kier molecular flexibility index (Phi) is 6.89. The van der Waals surface area contributed by atoms with Gasteiger partial charge in [0.25, 0.3) is 5.91 Å². The van der Waals surface area contributed by atoms with E-state index in [9.17, 15) is 4.79 Å². The highest BCUT2D eigenvalue weighted by Crippen LogP contribution is 2.32. The minimum Gasteiger partial charge on any atom is -0.376 e. The highest BCUT2D eigenvalue weighted by molar-refractivity contribution is 7.98. The van der Waals surface area contributed by atoms with Gasteiger partial charge in [-0.25, -0.2) is 15.0 Å². The zero-order chi connectivity index (χ0) is 23.5. The Bertz CT molecular complexity index is 1260. The summed E-state index contributed by atoms with van der Waals surface area (Å²) in [5.74, 6) is 0.561. The monoisotopic (exact) mass is 490 g/mol. The molecule has 1 saturated heterocycles. The number of aryl methyl sites for hydroxylation is 2. The molecule has 0 aliphatic carbocycles. The van der Waals surface area contributed by atoms with E-state index >= 15 is 0 Å². The van der Waals surface area contributed by atoms with E-state index in [1.807, 2.05) is 68.4 Å². The van der Waals surface area contributed by atoms with Gasteiger partial charge in [0.2, 0.25) is 0 Å². The third-order valence-electron chi connectivity index (χ3n) is 5.74. The van der Waals surface area contributed by atoms with Gasteiger partial charge in [0.15, 0.2) is 10.3 Å². The molecule has 1 amide bonds. The normalized spacial score (nSPS) is 15.6. The molecule has 174 valence electrons. The van der Waals surface area contributed by atoms with Crippen LogP contribution in [0.25, 0.3) is 10.2 Å². The predicted octanol–water partition coefficient (Wildman–Crippen LogP) is 5.82. The van der Waals surface area contributed by atoms with Gasteiger partial charge in [-0.05, 0) is 56.5 Å². The molecule has 0 N–H and O–H groups in total. The Hall–Kier alpha value is -2.81. The van der Waals surface area contributed by atoms with Gasteiger partial charge in [0.05, 0.1) is 22.9 Å². The number of carbonyl (C=O) groups excluding carboxylic acids is 1. The van der Waals surface area contributed by atoms with E-state index in [0.29, 0.717) is 23.0 Å². The first-order chi connectivity index (χ1) is 16.6. The Morgan fingerprint density at radius 3 is 2.62 bits per heavy atom. The van der Waals surface area contributed by atoms with E-state index in [2.05, 4.69) is 9.97 Å². The van der Waals surface area contributed by atoms with Gasteiger partial charge in [-0.15, -0.1) is 0 Å². The largest absolute Gasteiger partial charge is 0.376 e. The summed E-state index contributed by atoms with van der Waals surface area (Å²) < 4.78 is 6.95. The number of rotatable bonds is 7. The van der Waals surface area contributed by atoms with Crippen molar-refractivity contribution in [3.63, 3.8) is 0 Å². The van der Waals surface area contributed by atoms with Crippen LogP contribution in [0.4, 0.5) is 5.13 Å². The molecule has 0 saturated carbocycles. The van der Waals surface area contributed by atoms with E-state index in [-0.39, 0.29) is 12.0 Å². The second kappa shape index (κ2) is 10.2. The molecular weight excluding hydrogens is 464 g/mol. The van der Waals surface area contributed by atoms with Crippen molar-refractivity contribution in [1.29, 1.82) is 0 Å². The highest BCUT2D eigenvalue weighted by atomic mass is 32.2. The van der Waals surface area contributed by atoms with Crippen molar-refractivity contribution in [2.45, 2.75) is 43.7 Å². The van der Waals surface area contributed by atoms with Gasteiger partial charge in [-0.1, -0.05) is 53.4 Å². The third-order valence-corrected chi connectivity index (χ3v) is 7.69. The molecule has 3 heterocycles. The molecule has 1 atom stereocenters. The Morgan fingerprint density at radius 2 is 1.85 bits per heavy atom. The number of benzene rings is 2. The molecule has 5 rings (SSSR count). The summed E-state index contributed by atoms with van der Waals surface area (Å²) in [6.07, 6.45) is 2.01. The zero-order valence-electron chi connectivity index (χ0n) is 19.2. The van der Waals surface area contributed by atoms with Crippen LogP contribution < -0.4 is 4.90 Å². The Balaban J connectivity index is 1.44. The van der Waals surface area contributed by atoms with E-state index < -0.39 is 0 Å². The number of amides is 1. The highest BCUT2D eigenvalue weighted by Gasteiger charge is 2.28. The lowest BCUT2D eigenvalue weighted by molar-refractivity contribution is 0.0917. The minimum absolute atomic E-state index is 0.0289. The molecular formula is C26H26N4O2S2. The number of fused-ring (bicyclic) bond motifs is 1. The number of thiazole rings is 1. The van der Waals surface area contributed by atoms with Crippen LogP contribution in [-0.4, -0.2) is 40.1 Å². The van der Waals surface area contributed by atoms with Crippen molar-refractivity contribution in [1.82, 2.24) is 15.0 Å². The zero-order valence-corrected chi connectivity index (χ0v) is 20.9. The van der Waals surface area contributed by atoms with Crippen molar-refractivity contribution < 1.29 is 9.53 Å². The van der Waals surface area contributed by atoms with Gasteiger partial charge in [-0.2, -0.15) is 0 Å². The van der Waals surface area contributed by atoms with Crippen LogP contribution in [0.3, 0.4) is 0 Å². The first-order valence-electron chi connectivity index (χ1n) is 11.4. The summed E-state index contributed by atoms with van der Waals surface area (Å²) in [5.41, 5.74) is 4.43. The Labute approximate surface area is 207 Å². The van der Waals surface area contributed by atoms with Crippen LogP contribution in [0.2, 0.25) is 0 Å². The quantitative estimate of drug-likeness (QED) is 0.240. The number of thioether (sulfide) groups is 1. The number of para-hydroxylation sites is 1. The summed E-state index contributed by atoms with van der Waals surface area (Å²) in [6.45, 7) is 5.18. The van der Waals surface area contributed by atoms with Crippen molar-refractivity contribution >= 4 is 44.4 Å². The number of carbonyl (C=O) groups is 1. The molecule has 6 nitrogen and oxygen atoms in total. The van der Waals surface area contributed by atoms with Crippen LogP contribution in [0.5, 0.6) is 0 Å². The smallest absolute Gasteiger partial charge is 0.260 e. The van der Waals surface area contributed by atoms with Crippen LogP contribution in [-0.2, 0) is 10.5 Å². The van der Waals surface area contributed by atoms with E-state index in [0.717, 1.165) is 51.8 Å². The fourth-order valence-electron chi connectivity index (χ4n) is 4.12. The van der Waals surface area contributed by atoms with Gasteiger partial charge in [-0.3, -0.25) is 9.69 Å². The molecule has 0 spiro atoms. The molecule has 0 radical (unpaired) electrons. The lowest BCUT2D eigenvalue weighted by atomic mass is 10.1. The minimum atomic E-state index is -0.0490. The van der Waals surface area contributed by atoms with E-state index in [4.69, 9.17) is 9.72 Å². The summed E-state index contributed by atoms with van der Waals surface area (Å²) in [5, 5.41) is 1.43. The van der Waals surface area contributed by atoms with Crippen molar-refractivity contribution in [3.8, 4) is 0 Å². The summed E-state index contributed by atoms with van der Waals surface area (Å²) in [6, 6.07) is 17.7. The Morgan fingerprint density at radius 1 is 1.09 bits per heavy atom. The maximum atomic E-state index is 13.9. The number of hydrogen-bond donors (Lipinski definition) is 0. The summed E-state index contributed by atoms with van der Waals surface area (Å²) >= 11 is 3.09. The van der Waals surface area contributed by atoms with Gasteiger partial charge in [0, 0.05) is 29.3 Å². The molecule has 1 fully saturated rings. The fraction of sp³-hybridized carbons (Fsp3) is 0.308. The number of aromatic nitrogens is 3. The van der Waals surface area contributed by atoms with Crippen LogP contribution in [0.1, 0.15) is 40.2 Å². The number of nitrogens with zero attached hydrogens (tertiary/aromatic N) is 4. The van der Waals surface area contributed by atoms with Gasteiger partial charge >= 0.3 is 0 Å². The van der Waals surface area contributed by atoms with Crippen molar-refractivity contribution in [2.24, 2.45) is 0 Å². The SMILES string of the molecule is Cc1cc(C)nc(SCc2ccccc2C(=O)N(C[C@H]2CCCO2)c2nc3ccccc3s2)n1. The topological polar surface area (TPSA) is 68.2 Å². The summed E-state index contributed by atoms with van der Waals surface area (Å²) in [7, 11) is 0. The van der Waals surface area contributed by atoms with Crippen LogP contribution in [0.15, 0.2) is 59.8 Å². The molecule has 2 aromatic heterocycles. The maximum Gasteiger partial charge on any atom is 0.260 e. The van der Waals surface area contributed by atoms with Crippen LogP contribution in [0, 0.1) is 13.8 Å². The van der Waals surface area contributed by atoms with Crippen molar-refractivity contribution in [2.75, 3.05) is 18.1 Å². The van der Waals surface area contributed by atoms with E-state index in [1.54, 1.807) is 28.0 Å². The first-order valence-corrected chi connectivity index (χ1v) is 13.2. The standard InChI is InChI=1S/C26H26N4O2S2/c1-17-14-18(2)28-25(27-17)33-16-19-8-3-4-10-21(19)24(31)30(15-20-9-7-13-32-20)26-29-22-11-5-6-12-23(22)34-26/h3-6,8,10-12,14,20H,7,9,13,15-16H2,1-2H3/t20-/m1/s1. The second-order valence-corrected chi connectivity index (χ2v) is 10.3. The molecule has 2 aromatic carbocycles.